The average Bonchev–Trinajstić information content (AvgIpc) is 2.82. The standard InChI is InChI=1S/C15H20FN3O/c16-11-4-6-12(7-5-11)18-15(14(17)20)8-10-19-9-2-1-3-13(15)19/h4-7,13,18H,1-3,8-10H2,(H2,17,20). The van der Waals surface area contributed by atoms with Crippen LogP contribution in [0.5, 0.6) is 0 Å². The SMILES string of the molecule is NC(=O)C1(Nc2ccc(F)cc2)CCN2CCCCC21. The lowest BCUT2D eigenvalue weighted by Crippen LogP contribution is -2.59. The molecule has 2 saturated heterocycles. The Kier molecular flexibility index (Phi) is 3.38. The highest BCUT2D eigenvalue weighted by Gasteiger charge is 2.52. The Morgan fingerprint density at radius 1 is 1.30 bits per heavy atom. The lowest BCUT2D eigenvalue weighted by molar-refractivity contribution is -0.123. The van der Waals surface area contributed by atoms with E-state index in [1.165, 1.54) is 18.6 Å². The van der Waals surface area contributed by atoms with Crippen molar-refractivity contribution in [1.82, 2.24) is 4.90 Å². The third kappa shape index (κ3) is 2.16. The molecule has 20 heavy (non-hydrogen) atoms. The first-order valence-corrected chi connectivity index (χ1v) is 7.19. The predicted octanol–water partition coefficient (Wildman–Crippen LogP) is 1.72. The highest BCUT2D eigenvalue weighted by Crippen LogP contribution is 2.37. The minimum Gasteiger partial charge on any atom is -0.370 e. The van der Waals surface area contributed by atoms with E-state index >= 15 is 0 Å². The number of nitrogens with zero attached hydrogens (tertiary/aromatic N) is 1. The normalized spacial score (nSPS) is 29.9. The minimum absolute atomic E-state index is 0.152. The molecule has 2 atom stereocenters. The molecular weight excluding hydrogens is 257 g/mol. The Hall–Kier alpha value is -1.62. The van der Waals surface area contributed by atoms with Crippen LogP contribution in [-0.4, -0.2) is 35.5 Å². The van der Waals surface area contributed by atoms with Crippen molar-refractivity contribution in [2.45, 2.75) is 37.3 Å². The van der Waals surface area contributed by atoms with E-state index in [2.05, 4.69) is 10.2 Å². The number of hydrogen-bond donors (Lipinski definition) is 2. The Balaban J connectivity index is 1.88. The third-order valence-corrected chi connectivity index (χ3v) is 4.63. The van der Waals surface area contributed by atoms with Gasteiger partial charge < -0.3 is 11.1 Å². The number of nitrogens with two attached hydrogens (primary N) is 1. The van der Waals surface area contributed by atoms with Crippen molar-refractivity contribution >= 4 is 11.6 Å². The zero-order chi connectivity index (χ0) is 14.2. The Morgan fingerprint density at radius 2 is 2.05 bits per heavy atom. The molecule has 0 aromatic heterocycles. The first-order valence-electron chi connectivity index (χ1n) is 7.19. The maximum absolute atomic E-state index is 13.0. The summed E-state index contributed by atoms with van der Waals surface area (Å²) in [5, 5.41) is 3.30. The van der Waals surface area contributed by atoms with E-state index in [1.54, 1.807) is 12.1 Å². The van der Waals surface area contributed by atoms with Crippen LogP contribution in [0.25, 0.3) is 0 Å². The molecule has 0 spiro atoms. The fourth-order valence-corrected chi connectivity index (χ4v) is 3.59. The van der Waals surface area contributed by atoms with Crippen molar-refractivity contribution in [2.24, 2.45) is 5.73 Å². The summed E-state index contributed by atoms with van der Waals surface area (Å²) in [6, 6.07) is 6.26. The van der Waals surface area contributed by atoms with Crippen molar-refractivity contribution in [3.63, 3.8) is 0 Å². The second-order valence-electron chi connectivity index (χ2n) is 5.77. The molecule has 0 aliphatic carbocycles. The molecule has 2 aliphatic rings. The summed E-state index contributed by atoms with van der Waals surface area (Å²) >= 11 is 0. The Bertz CT molecular complexity index is 504. The van der Waals surface area contributed by atoms with Gasteiger partial charge in [-0.2, -0.15) is 0 Å². The second kappa shape index (κ2) is 5.05. The topological polar surface area (TPSA) is 58.4 Å². The number of fused-ring (bicyclic) bond motifs is 1. The molecule has 0 radical (unpaired) electrons. The van der Waals surface area contributed by atoms with E-state index in [9.17, 15) is 9.18 Å². The fourth-order valence-electron chi connectivity index (χ4n) is 3.59. The van der Waals surface area contributed by atoms with Crippen LogP contribution in [0, 0.1) is 5.82 Å². The maximum Gasteiger partial charge on any atom is 0.244 e. The molecule has 2 unspecified atom stereocenters. The predicted molar refractivity (Wildman–Crippen MR) is 75.8 cm³/mol. The van der Waals surface area contributed by atoms with Crippen molar-refractivity contribution < 1.29 is 9.18 Å². The van der Waals surface area contributed by atoms with Gasteiger partial charge >= 0.3 is 0 Å². The van der Waals surface area contributed by atoms with Crippen molar-refractivity contribution in [1.29, 1.82) is 0 Å². The van der Waals surface area contributed by atoms with E-state index in [0.717, 1.165) is 31.6 Å². The number of benzene rings is 1. The molecule has 1 aromatic rings. The zero-order valence-electron chi connectivity index (χ0n) is 11.4. The van der Waals surface area contributed by atoms with Crippen LogP contribution >= 0.6 is 0 Å². The molecule has 2 heterocycles. The molecule has 1 aromatic carbocycles. The molecule has 0 bridgehead atoms. The number of anilines is 1. The molecule has 2 fully saturated rings. The van der Waals surface area contributed by atoms with Crippen LogP contribution in [0.1, 0.15) is 25.7 Å². The van der Waals surface area contributed by atoms with Crippen molar-refractivity contribution in [3.8, 4) is 0 Å². The van der Waals surface area contributed by atoms with Crippen LogP contribution in [0.3, 0.4) is 0 Å². The number of halogens is 1. The van der Waals surface area contributed by atoms with Crippen LogP contribution in [0.15, 0.2) is 24.3 Å². The van der Waals surface area contributed by atoms with Gasteiger partial charge in [0.15, 0.2) is 0 Å². The summed E-state index contributed by atoms with van der Waals surface area (Å²) in [5.74, 6) is -0.592. The van der Waals surface area contributed by atoms with Crippen molar-refractivity contribution in [3.05, 3.63) is 30.1 Å². The quantitative estimate of drug-likeness (QED) is 0.884. The first-order chi connectivity index (χ1) is 9.62. The lowest BCUT2D eigenvalue weighted by atomic mass is 9.84. The van der Waals surface area contributed by atoms with Gasteiger partial charge in [-0.1, -0.05) is 6.42 Å². The number of amides is 1. The summed E-state index contributed by atoms with van der Waals surface area (Å²) in [6.45, 7) is 1.92. The Labute approximate surface area is 118 Å². The summed E-state index contributed by atoms with van der Waals surface area (Å²) < 4.78 is 13.0. The monoisotopic (exact) mass is 277 g/mol. The highest BCUT2D eigenvalue weighted by atomic mass is 19.1. The number of hydrogen-bond acceptors (Lipinski definition) is 3. The molecule has 2 aliphatic heterocycles. The van der Waals surface area contributed by atoms with E-state index in [0.29, 0.717) is 6.42 Å². The maximum atomic E-state index is 13.0. The molecule has 5 heteroatoms. The molecule has 3 N–H and O–H groups in total. The summed E-state index contributed by atoms with van der Waals surface area (Å²) in [5.41, 5.74) is 5.74. The highest BCUT2D eigenvalue weighted by molar-refractivity contribution is 5.89. The van der Waals surface area contributed by atoms with Gasteiger partial charge in [-0.05, 0) is 50.1 Å². The largest absolute Gasteiger partial charge is 0.370 e. The van der Waals surface area contributed by atoms with E-state index in [4.69, 9.17) is 5.73 Å². The molecule has 0 saturated carbocycles. The van der Waals surface area contributed by atoms with Gasteiger partial charge in [0.1, 0.15) is 11.4 Å². The van der Waals surface area contributed by atoms with Gasteiger partial charge in [0.25, 0.3) is 0 Å². The van der Waals surface area contributed by atoms with Gasteiger partial charge in [0.2, 0.25) is 5.91 Å². The number of rotatable bonds is 3. The number of primary amides is 1. The molecule has 4 nitrogen and oxygen atoms in total. The van der Waals surface area contributed by atoms with Crippen LogP contribution in [0.4, 0.5) is 10.1 Å². The van der Waals surface area contributed by atoms with Gasteiger partial charge in [-0.3, -0.25) is 9.69 Å². The van der Waals surface area contributed by atoms with Crippen LogP contribution < -0.4 is 11.1 Å². The van der Waals surface area contributed by atoms with E-state index in [1.807, 2.05) is 0 Å². The number of carbonyl (C=O) groups is 1. The summed E-state index contributed by atoms with van der Waals surface area (Å²) in [6.07, 6.45) is 4.00. The fraction of sp³-hybridized carbons (Fsp3) is 0.533. The average molecular weight is 277 g/mol. The summed E-state index contributed by atoms with van der Waals surface area (Å²) in [7, 11) is 0. The molecule has 108 valence electrons. The van der Waals surface area contributed by atoms with E-state index in [-0.39, 0.29) is 17.8 Å². The number of piperidine rings is 1. The van der Waals surface area contributed by atoms with Gasteiger partial charge in [0.05, 0.1) is 0 Å². The smallest absolute Gasteiger partial charge is 0.244 e. The second-order valence-corrected chi connectivity index (χ2v) is 5.77. The van der Waals surface area contributed by atoms with E-state index < -0.39 is 5.54 Å². The van der Waals surface area contributed by atoms with Gasteiger partial charge in [-0.25, -0.2) is 4.39 Å². The first kappa shape index (κ1) is 13.4. The van der Waals surface area contributed by atoms with Gasteiger partial charge in [0, 0.05) is 18.3 Å². The number of carbonyl (C=O) groups excluding carboxylic acids is 1. The van der Waals surface area contributed by atoms with Crippen molar-refractivity contribution in [2.75, 3.05) is 18.4 Å². The van der Waals surface area contributed by atoms with Crippen LogP contribution in [0.2, 0.25) is 0 Å². The Morgan fingerprint density at radius 3 is 2.75 bits per heavy atom. The summed E-state index contributed by atoms with van der Waals surface area (Å²) in [4.78, 5) is 14.5. The van der Waals surface area contributed by atoms with Crippen LogP contribution in [-0.2, 0) is 4.79 Å². The molecular formula is C15H20FN3O. The minimum atomic E-state index is -0.724. The zero-order valence-corrected chi connectivity index (χ0v) is 11.4. The lowest BCUT2D eigenvalue weighted by Gasteiger charge is -2.39. The molecule has 1 amide bonds. The molecule has 3 rings (SSSR count). The van der Waals surface area contributed by atoms with Gasteiger partial charge in [-0.15, -0.1) is 0 Å². The third-order valence-electron chi connectivity index (χ3n) is 4.63. The number of nitrogens with one attached hydrogen (secondary N) is 1.